The Bertz CT molecular complexity index is 510. The minimum atomic E-state index is -4.33. The summed E-state index contributed by atoms with van der Waals surface area (Å²) < 4.78 is 42.9. The Morgan fingerprint density at radius 2 is 1.65 bits per heavy atom. The quantitative estimate of drug-likeness (QED) is 0.559. The van der Waals surface area contributed by atoms with E-state index in [1.807, 2.05) is 13.8 Å². The maximum Gasteiger partial charge on any atom is 0.298 e. The molecule has 0 unspecified atom stereocenters. The van der Waals surface area contributed by atoms with Crippen molar-refractivity contribution >= 4 is 10.1 Å². The molecule has 5 nitrogen and oxygen atoms in total. The molecule has 0 aliphatic carbocycles. The summed E-state index contributed by atoms with van der Waals surface area (Å²) >= 11 is 0. The van der Waals surface area contributed by atoms with E-state index in [0.717, 1.165) is 25.7 Å². The Morgan fingerprint density at radius 3 is 2.20 bits per heavy atom. The number of hydrogen-bond acceptors (Lipinski definition) is 4. The summed E-state index contributed by atoms with van der Waals surface area (Å²) in [6.45, 7) is 4.97. The number of benzene rings is 1. The largest absolute Gasteiger partial charge is 0.494 e. The Kier molecular flexibility index (Phi) is 6.81. The minimum Gasteiger partial charge on any atom is -0.494 e. The highest BCUT2D eigenvalue weighted by Crippen LogP contribution is 2.28. The van der Waals surface area contributed by atoms with Gasteiger partial charge < -0.3 is 9.47 Å². The third kappa shape index (κ3) is 5.38. The standard InChI is InChI=1S/C14H22O5S/c1-3-5-9-18-12-7-8-13(19-10-6-4-2)14(11-12)20(15,16)17/h7-8,11H,3-6,9-10H2,1-2H3,(H,15,16,17). The lowest BCUT2D eigenvalue weighted by Gasteiger charge is -2.12. The SMILES string of the molecule is CCCCOc1ccc(OCCCC)c(S(=O)(=O)O)c1. The second kappa shape index (κ2) is 8.11. The van der Waals surface area contributed by atoms with E-state index in [9.17, 15) is 13.0 Å². The zero-order valence-corrected chi connectivity index (χ0v) is 12.8. The highest BCUT2D eigenvalue weighted by Gasteiger charge is 2.18. The number of rotatable bonds is 9. The first-order valence-corrected chi connectivity index (χ1v) is 8.30. The van der Waals surface area contributed by atoms with Crippen LogP contribution in [0.25, 0.3) is 0 Å². The summed E-state index contributed by atoms with van der Waals surface area (Å²) in [6, 6.07) is 4.46. The lowest BCUT2D eigenvalue weighted by Crippen LogP contribution is -2.06. The van der Waals surface area contributed by atoms with Crippen LogP contribution >= 0.6 is 0 Å². The van der Waals surface area contributed by atoms with E-state index in [2.05, 4.69) is 0 Å². The Hall–Kier alpha value is -1.27. The smallest absolute Gasteiger partial charge is 0.298 e. The van der Waals surface area contributed by atoms with Crippen LogP contribution in [0.4, 0.5) is 0 Å². The molecule has 1 N–H and O–H groups in total. The van der Waals surface area contributed by atoms with Crippen LogP contribution in [-0.2, 0) is 10.1 Å². The fourth-order valence-corrected chi connectivity index (χ4v) is 2.21. The van der Waals surface area contributed by atoms with Gasteiger partial charge in [-0.1, -0.05) is 26.7 Å². The van der Waals surface area contributed by atoms with Crippen LogP contribution in [0.5, 0.6) is 11.5 Å². The first-order valence-electron chi connectivity index (χ1n) is 6.86. The van der Waals surface area contributed by atoms with E-state index in [1.165, 1.54) is 12.1 Å². The predicted octanol–water partition coefficient (Wildman–Crippen LogP) is 3.29. The van der Waals surface area contributed by atoms with Crippen molar-refractivity contribution in [2.24, 2.45) is 0 Å². The van der Waals surface area contributed by atoms with Gasteiger partial charge in [0.1, 0.15) is 16.4 Å². The third-order valence-electron chi connectivity index (χ3n) is 2.72. The van der Waals surface area contributed by atoms with Crippen LogP contribution in [0, 0.1) is 0 Å². The Labute approximate surface area is 120 Å². The molecule has 0 aromatic heterocycles. The van der Waals surface area contributed by atoms with Gasteiger partial charge in [0.05, 0.1) is 13.2 Å². The van der Waals surface area contributed by atoms with Crippen LogP contribution in [0.1, 0.15) is 39.5 Å². The molecule has 0 atom stereocenters. The van der Waals surface area contributed by atoms with Gasteiger partial charge in [-0.25, -0.2) is 0 Å². The molecule has 0 saturated heterocycles. The molecule has 1 aromatic carbocycles. The molecule has 20 heavy (non-hydrogen) atoms. The molecule has 0 aliphatic rings. The maximum absolute atomic E-state index is 11.4. The zero-order chi connectivity index (χ0) is 15.0. The van der Waals surface area contributed by atoms with Crippen molar-refractivity contribution in [1.82, 2.24) is 0 Å². The zero-order valence-electron chi connectivity index (χ0n) is 12.0. The van der Waals surface area contributed by atoms with Crippen LogP contribution < -0.4 is 9.47 Å². The lowest BCUT2D eigenvalue weighted by atomic mass is 10.3. The van der Waals surface area contributed by atoms with E-state index in [4.69, 9.17) is 9.47 Å². The van der Waals surface area contributed by atoms with Gasteiger partial charge in [-0.3, -0.25) is 4.55 Å². The van der Waals surface area contributed by atoms with Gasteiger partial charge in [-0.15, -0.1) is 0 Å². The third-order valence-corrected chi connectivity index (χ3v) is 3.59. The molecule has 0 aliphatic heterocycles. The van der Waals surface area contributed by atoms with Gasteiger partial charge in [-0.05, 0) is 25.0 Å². The molecule has 1 aromatic rings. The van der Waals surface area contributed by atoms with Crippen molar-refractivity contribution in [1.29, 1.82) is 0 Å². The molecule has 0 bridgehead atoms. The summed E-state index contributed by atoms with van der Waals surface area (Å²) in [5.41, 5.74) is 0. The van der Waals surface area contributed by atoms with Gasteiger partial charge in [0.2, 0.25) is 0 Å². The Morgan fingerprint density at radius 1 is 1.05 bits per heavy atom. The second-order valence-corrected chi connectivity index (χ2v) is 5.88. The molecule has 1 rings (SSSR count). The highest BCUT2D eigenvalue weighted by atomic mass is 32.2. The van der Waals surface area contributed by atoms with Crippen LogP contribution in [0.15, 0.2) is 23.1 Å². The summed E-state index contributed by atoms with van der Waals surface area (Å²) in [5, 5.41) is 0. The van der Waals surface area contributed by atoms with Crippen molar-refractivity contribution in [3.63, 3.8) is 0 Å². The fraction of sp³-hybridized carbons (Fsp3) is 0.571. The molecular weight excluding hydrogens is 280 g/mol. The van der Waals surface area contributed by atoms with Gasteiger partial charge in [0, 0.05) is 6.07 Å². The van der Waals surface area contributed by atoms with E-state index >= 15 is 0 Å². The van der Waals surface area contributed by atoms with Gasteiger partial charge >= 0.3 is 0 Å². The molecule has 0 heterocycles. The second-order valence-electron chi connectivity index (χ2n) is 4.49. The summed E-state index contributed by atoms with van der Waals surface area (Å²) in [4.78, 5) is -0.248. The van der Waals surface area contributed by atoms with E-state index in [-0.39, 0.29) is 10.6 Å². The average Bonchev–Trinajstić information content (AvgIpc) is 2.39. The number of unbranched alkanes of at least 4 members (excludes halogenated alkanes) is 2. The normalized spacial score (nSPS) is 11.3. The van der Waals surface area contributed by atoms with E-state index < -0.39 is 10.1 Å². The molecule has 0 spiro atoms. The molecule has 0 radical (unpaired) electrons. The van der Waals surface area contributed by atoms with Crippen LogP contribution in [-0.4, -0.2) is 26.2 Å². The predicted molar refractivity (Wildman–Crippen MR) is 77.1 cm³/mol. The van der Waals surface area contributed by atoms with Crippen LogP contribution in [0.3, 0.4) is 0 Å². The maximum atomic E-state index is 11.4. The average molecular weight is 302 g/mol. The molecule has 0 amide bonds. The van der Waals surface area contributed by atoms with E-state index in [0.29, 0.717) is 19.0 Å². The lowest BCUT2D eigenvalue weighted by molar-refractivity contribution is 0.292. The van der Waals surface area contributed by atoms with Crippen molar-refractivity contribution < 1.29 is 22.4 Å². The molecule has 0 saturated carbocycles. The minimum absolute atomic E-state index is 0.156. The fourth-order valence-electron chi connectivity index (χ4n) is 1.56. The monoisotopic (exact) mass is 302 g/mol. The number of ether oxygens (including phenoxy) is 2. The van der Waals surface area contributed by atoms with Gasteiger partial charge in [-0.2, -0.15) is 8.42 Å². The molecule has 0 fully saturated rings. The van der Waals surface area contributed by atoms with Crippen molar-refractivity contribution in [2.75, 3.05) is 13.2 Å². The topological polar surface area (TPSA) is 72.8 Å². The van der Waals surface area contributed by atoms with Crippen molar-refractivity contribution in [2.45, 2.75) is 44.4 Å². The molecule has 114 valence electrons. The number of hydrogen-bond donors (Lipinski definition) is 1. The first-order chi connectivity index (χ1) is 9.49. The summed E-state index contributed by atoms with van der Waals surface area (Å²) in [6.07, 6.45) is 3.64. The van der Waals surface area contributed by atoms with Gasteiger partial charge in [0.25, 0.3) is 10.1 Å². The van der Waals surface area contributed by atoms with Crippen molar-refractivity contribution in [3.8, 4) is 11.5 Å². The summed E-state index contributed by atoms with van der Waals surface area (Å²) in [7, 11) is -4.33. The Balaban J connectivity index is 2.89. The van der Waals surface area contributed by atoms with E-state index in [1.54, 1.807) is 6.07 Å². The van der Waals surface area contributed by atoms with Crippen LogP contribution in [0.2, 0.25) is 0 Å². The molecular formula is C14H22O5S. The first kappa shape index (κ1) is 16.8. The highest BCUT2D eigenvalue weighted by molar-refractivity contribution is 7.86. The summed E-state index contributed by atoms with van der Waals surface area (Å²) in [5.74, 6) is 0.567. The molecule has 6 heteroatoms. The van der Waals surface area contributed by atoms with Gasteiger partial charge in [0.15, 0.2) is 0 Å². The van der Waals surface area contributed by atoms with Crippen molar-refractivity contribution in [3.05, 3.63) is 18.2 Å².